The first-order chi connectivity index (χ1) is 19.0. The summed E-state index contributed by atoms with van der Waals surface area (Å²) < 4.78 is 28.3. The lowest BCUT2D eigenvalue weighted by molar-refractivity contribution is -0.119. The van der Waals surface area contributed by atoms with Crippen LogP contribution in [0.25, 0.3) is 0 Å². The zero-order valence-electron chi connectivity index (χ0n) is 24.2. The second kappa shape index (κ2) is 24.4. The molecule has 0 aromatic carbocycles. The molecule has 1 amide bonds. The first-order valence-corrected chi connectivity index (χ1v) is 15.7. The lowest BCUT2D eigenvalue weighted by Crippen LogP contribution is -2.37. The number of nitrogens with one attached hydrogen (secondary N) is 2. The molecule has 39 heavy (non-hydrogen) atoms. The third kappa shape index (κ3) is 20.2. The van der Waals surface area contributed by atoms with Crippen molar-refractivity contribution in [3.8, 4) is 0 Å². The highest BCUT2D eigenvalue weighted by molar-refractivity contribution is 5.91. The van der Waals surface area contributed by atoms with E-state index in [-0.39, 0.29) is 25.3 Å². The van der Waals surface area contributed by atoms with Crippen molar-refractivity contribution >= 4 is 5.91 Å². The van der Waals surface area contributed by atoms with E-state index in [1.54, 1.807) is 0 Å². The van der Waals surface area contributed by atoms with Gasteiger partial charge in [0.25, 0.3) is 5.91 Å². The number of carbonyl (C=O) groups excluding carboxylic acids is 1. The van der Waals surface area contributed by atoms with Crippen molar-refractivity contribution in [1.29, 1.82) is 0 Å². The summed E-state index contributed by atoms with van der Waals surface area (Å²) in [6, 6.07) is -0.572. The molecule has 0 aromatic rings. The van der Waals surface area contributed by atoms with E-state index in [0.717, 1.165) is 70.6 Å². The van der Waals surface area contributed by atoms with Crippen LogP contribution in [0.15, 0.2) is 23.8 Å². The van der Waals surface area contributed by atoms with Gasteiger partial charge in [-0.2, -0.15) is 0 Å². The average Bonchev–Trinajstić information content (AvgIpc) is 3.66. The van der Waals surface area contributed by atoms with Gasteiger partial charge in [-0.15, -0.1) is 0 Å². The maximum Gasteiger partial charge on any atom is 0.279 e. The summed E-state index contributed by atoms with van der Waals surface area (Å²) in [6.07, 6.45) is 22.4. The van der Waals surface area contributed by atoms with Crippen LogP contribution in [0.4, 0.5) is 8.78 Å². The standard InChI is InChI=1S/C31H56F2N2O4/c32-26(21-17-13-9-5-1-3-7-11-15-19-23-36)30(38)34-28-25-29(28)35-31(39)27(33)22-18-14-10-6-2-4-8-12-16-20-24-37/h21-22,28-30,34,36-38H,1-20,23-25H2,(H,35,39). The van der Waals surface area contributed by atoms with Gasteiger partial charge >= 0.3 is 0 Å². The fraction of sp³-hybridized carbons (Fsp3) is 0.839. The van der Waals surface area contributed by atoms with Crippen molar-refractivity contribution in [3.05, 3.63) is 23.8 Å². The molecule has 0 aromatic heterocycles. The predicted octanol–water partition coefficient (Wildman–Crippen LogP) is 6.64. The van der Waals surface area contributed by atoms with E-state index in [2.05, 4.69) is 10.6 Å². The van der Waals surface area contributed by atoms with Crippen molar-refractivity contribution < 1.29 is 28.9 Å². The summed E-state index contributed by atoms with van der Waals surface area (Å²) in [7, 11) is 0. The van der Waals surface area contributed by atoms with Crippen LogP contribution in [-0.2, 0) is 4.79 Å². The molecule has 1 fully saturated rings. The van der Waals surface area contributed by atoms with Crippen LogP contribution in [0.5, 0.6) is 0 Å². The number of aliphatic hydroxyl groups is 3. The van der Waals surface area contributed by atoms with E-state index >= 15 is 0 Å². The molecule has 1 saturated carbocycles. The Labute approximate surface area is 235 Å². The van der Waals surface area contributed by atoms with Gasteiger partial charge in [-0.05, 0) is 57.1 Å². The molecule has 6 nitrogen and oxygen atoms in total. The molecule has 3 atom stereocenters. The maximum atomic E-state index is 14.2. The van der Waals surface area contributed by atoms with Gasteiger partial charge < -0.3 is 20.6 Å². The maximum absolute atomic E-state index is 14.2. The molecule has 0 bridgehead atoms. The minimum absolute atomic E-state index is 0.267. The van der Waals surface area contributed by atoms with Crippen molar-refractivity contribution in [2.24, 2.45) is 0 Å². The molecule has 5 N–H and O–H groups in total. The first kappa shape index (κ1) is 35.7. The van der Waals surface area contributed by atoms with Crippen LogP contribution >= 0.6 is 0 Å². The minimum Gasteiger partial charge on any atom is -0.396 e. The van der Waals surface area contributed by atoms with Crippen LogP contribution in [0.1, 0.15) is 135 Å². The molecule has 228 valence electrons. The van der Waals surface area contributed by atoms with Gasteiger partial charge in [0.2, 0.25) is 0 Å². The SMILES string of the molecule is O=C(NC1CC1NC(O)C(F)=CCCCCCCCCCCCO)C(F)=CCCCCCCCCCCCO. The number of amides is 1. The van der Waals surface area contributed by atoms with E-state index < -0.39 is 23.8 Å². The van der Waals surface area contributed by atoms with E-state index in [0.29, 0.717) is 19.3 Å². The smallest absolute Gasteiger partial charge is 0.279 e. The number of unbranched alkanes of at least 4 members (excludes halogenated alkanes) is 18. The Balaban J connectivity index is 2.04. The van der Waals surface area contributed by atoms with Crippen LogP contribution in [0, 0.1) is 0 Å². The fourth-order valence-corrected chi connectivity index (χ4v) is 4.72. The van der Waals surface area contributed by atoms with Gasteiger partial charge in [-0.1, -0.05) is 89.9 Å². The quantitative estimate of drug-likeness (QED) is 0.0442. The van der Waals surface area contributed by atoms with Crippen molar-refractivity contribution in [2.45, 2.75) is 153 Å². The van der Waals surface area contributed by atoms with Gasteiger partial charge in [-0.3, -0.25) is 10.1 Å². The molecule has 1 aliphatic rings. The van der Waals surface area contributed by atoms with Crippen LogP contribution in [0.2, 0.25) is 0 Å². The van der Waals surface area contributed by atoms with Gasteiger partial charge in [-0.25, -0.2) is 8.78 Å². The zero-order chi connectivity index (χ0) is 28.6. The highest BCUT2D eigenvalue weighted by Gasteiger charge is 2.40. The van der Waals surface area contributed by atoms with Crippen LogP contribution in [-0.4, -0.2) is 52.8 Å². The first-order valence-electron chi connectivity index (χ1n) is 15.7. The zero-order valence-corrected chi connectivity index (χ0v) is 24.2. The monoisotopic (exact) mass is 558 g/mol. The predicted molar refractivity (Wildman–Crippen MR) is 154 cm³/mol. The lowest BCUT2D eigenvalue weighted by Gasteiger charge is -2.11. The summed E-state index contributed by atoms with van der Waals surface area (Å²) in [6.45, 7) is 0.552. The minimum atomic E-state index is -1.41. The molecule has 0 spiro atoms. The second-order valence-corrected chi connectivity index (χ2v) is 11.0. The highest BCUT2D eigenvalue weighted by Crippen LogP contribution is 2.24. The van der Waals surface area contributed by atoms with Gasteiger partial charge in [0, 0.05) is 25.3 Å². The number of allylic oxidation sites excluding steroid dienone is 2. The normalized spacial score (nSPS) is 18.4. The Hall–Kier alpha value is -1.35. The summed E-state index contributed by atoms with van der Waals surface area (Å²) >= 11 is 0. The van der Waals surface area contributed by atoms with Crippen molar-refractivity contribution in [2.75, 3.05) is 13.2 Å². The third-order valence-electron chi connectivity index (χ3n) is 7.34. The van der Waals surface area contributed by atoms with E-state index in [9.17, 15) is 18.7 Å². The Morgan fingerprint density at radius 1 is 0.667 bits per heavy atom. The summed E-state index contributed by atoms with van der Waals surface area (Å²) in [4.78, 5) is 12.0. The molecular formula is C31H56F2N2O4. The number of aliphatic hydroxyl groups excluding tert-OH is 3. The van der Waals surface area contributed by atoms with Gasteiger partial charge in [0.1, 0.15) is 5.83 Å². The largest absolute Gasteiger partial charge is 0.396 e. The highest BCUT2D eigenvalue weighted by atomic mass is 19.1. The van der Waals surface area contributed by atoms with Crippen LogP contribution in [0.3, 0.4) is 0 Å². The summed E-state index contributed by atoms with van der Waals surface area (Å²) in [5.74, 6) is -2.13. The molecule has 0 aliphatic heterocycles. The van der Waals surface area contributed by atoms with E-state index in [4.69, 9.17) is 10.2 Å². The molecule has 0 saturated heterocycles. The lowest BCUT2D eigenvalue weighted by atomic mass is 10.1. The van der Waals surface area contributed by atoms with Gasteiger partial charge in [0.05, 0.1) is 0 Å². The molecular weight excluding hydrogens is 502 g/mol. The molecule has 8 heteroatoms. The van der Waals surface area contributed by atoms with Crippen molar-refractivity contribution in [3.63, 3.8) is 0 Å². The van der Waals surface area contributed by atoms with E-state index in [1.165, 1.54) is 57.1 Å². The number of halogens is 2. The Morgan fingerprint density at radius 2 is 1.08 bits per heavy atom. The number of rotatable bonds is 27. The summed E-state index contributed by atoms with van der Waals surface area (Å²) in [5.41, 5.74) is 0. The van der Waals surface area contributed by atoms with Crippen molar-refractivity contribution in [1.82, 2.24) is 10.6 Å². The molecule has 0 heterocycles. The fourth-order valence-electron chi connectivity index (χ4n) is 4.72. The third-order valence-corrected chi connectivity index (χ3v) is 7.34. The topological polar surface area (TPSA) is 102 Å². The molecule has 1 rings (SSSR count). The molecule has 1 aliphatic carbocycles. The Kier molecular flexibility index (Phi) is 22.4. The van der Waals surface area contributed by atoms with Crippen LogP contribution < -0.4 is 10.6 Å². The average molecular weight is 559 g/mol. The number of hydrogen-bond acceptors (Lipinski definition) is 5. The Bertz CT molecular complexity index is 675. The number of hydrogen-bond donors (Lipinski definition) is 5. The summed E-state index contributed by atoms with van der Waals surface area (Å²) in [5, 5.41) is 32.9. The number of carbonyl (C=O) groups is 1. The van der Waals surface area contributed by atoms with Gasteiger partial charge in [0.15, 0.2) is 12.1 Å². The van der Waals surface area contributed by atoms with E-state index in [1.807, 2.05) is 0 Å². The molecule has 3 unspecified atom stereocenters. The second-order valence-electron chi connectivity index (χ2n) is 11.0. The Morgan fingerprint density at radius 3 is 1.54 bits per heavy atom. The molecule has 0 radical (unpaired) electrons.